The van der Waals surface area contributed by atoms with Crippen LogP contribution in [0.25, 0.3) is 0 Å². The van der Waals surface area contributed by atoms with Crippen LogP contribution in [0.15, 0.2) is 53.7 Å². The van der Waals surface area contributed by atoms with Crippen molar-refractivity contribution in [2.24, 2.45) is 0 Å². The van der Waals surface area contributed by atoms with Crippen LogP contribution in [0.4, 0.5) is 0 Å². The van der Waals surface area contributed by atoms with Gasteiger partial charge in [-0.2, -0.15) is 0 Å². The Morgan fingerprint density at radius 3 is 2.19 bits per heavy atom. The Hall–Kier alpha value is -2.49. The molecule has 1 amide bonds. The van der Waals surface area contributed by atoms with Gasteiger partial charge in [0.05, 0.1) is 4.90 Å². The van der Waals surface area contributed by atoms with Crippen molar-refractivity contribution in [3.8, 4) is 5.75 Å². The Kier molecular flexibility index (Phi) is 8.87. The van der Waals surface area contributed by atoms with E-state index in [9.17, 15) is 13.2 Å². The standard InChI is InChI=1S/C28H40N4O4S/c1-28(2,3)22-4-6-26(7-5-22)37(34,35)30-17-10-27(33)32-18-11-23(12-19-32)31-20-13-25(14-21-31)36-24-8-15-29-16-9-24/h4-9,15-16,23,25,30H,10-14,17-21H2,1-3H3. The minimum absolute atomic E-state index is 0.00805. The van der Waals surface area contributed by atoms with E-state index in [1.807, 2.05) is 29.2 Å². The number of hydrogen-bond donors (Lipinski definition) is 1. The lowest BCUT2D eigenvalue weighted by molar-refractivity contribution is -0.132. The van der Waals surface area contributed by atoms with E-state index in [2.05, 4.69) is 35.4 Å². The summed E-state index contributed by atoms with van der Waals surface area (Å²) in [5.74, 6) is 0.884. The highest BCUT2D eigenvalue weighted by Crippen LogP contribution is 2.25. The second-order valence-corrected chi connectivity index (χ2v) is 12.8. The first-order valence-corrected chi connectivity index (χ1v) is 14.8. The van der Waals surface area contributed by atoms with E-state index in [1.165, 1.54) is 0 Å². The fourth-order valence-corrected chi connectivity index (χ4v) is 6.15. The summed E-state index contributed by atoms with van der Waals surface area (Å²) in [5.41, 5.74) is 1.04. The molecule has 1 N–H and O–H groups in total. The maximum atomic E-state index is 12.7. The summed E-state index contributed by atoms with van der Waals surface area (Å²) in [5, 5.41) is 0. The van der Waals surface area contributed by atoms with Gasteiger partial charge in [-0.05, 0) is 60.9 Å². The third-order valence-electron chi connectivity index (χ3n) is 7.42. The predicted molar refractivity (Wildman–Crippen MR) is 144 cm³/mol. The van der Waals surface area contributed by atoms with Gasteiger partial charge < -0.3 is 9.64 Å². The van der Waals surface area contributed by atoms with Crippen molar-refractivity contribution in [3.05, 3.63) is 54.4 Å². The number of hydrogen-bond acceptors (Lipinski definition) is 6. The fraction of sp³-hybridized carbons (Fsp3) is 0.571. The second-order valence-electron chi connectivity index (χ2n) is 11.1. The molecule has 0 aliphatic carbocycles. The van der Waals surface area contributed by atoms with E-state index in [0.717, 1.165) is 63.2 Å². The number of carbonyl (C=O) groups is 1. The molecule has 2 saturated heterocycles. The third-order valence-corrected chi connectivity index (χ3v) is 8.90. The van der Waals surface area contributed by atoms with Crippen LogP contribution in [-0.4, -0.2) is 74.0 Å². The number of aromatic nitrogens is 1. The zero-order valence-corrected chi connectivity index (χ0v) is 23.0. The molecule has 9 heteroatoms. The van der Waals surface area contributed by atoms with Gasteiger partial charge in [0.15, 0.2) is 0 Å². The van der Waals surface area contributed by atoms with E-state index >= 15 is 0 Å². The fourth-order valence-electron chi connectivity index (χ4n) is 5.12. The van der Waals surface area contributed by atoms with Crippen LogP contribution >= 0.6 is 0 Å². The van der Waals surface area contributed by atoms with Crippen molar-refractivity contribution >= 4 is 15.9 Å². The van der Waals surface area contributed by atoms with E-state index in [1.54, 1.807) is 24.5 Å². The van der Waals surface area contributed by atoms with Crippen molar-refractivity contribution < 1.29 is 17.9 Å². The van der Waals surface area contributed by atoms with Gasteiger partial charge in [-0.25, -0.2) is 13.1 Å². The van der Waals surface area contributed by atoms with Crippen LogP contribution in [0, 0.1) is 0 Å². The first-order chi connectivity index (χ1) is 17.6. The second kappa shape index (κ2) is 11.9. The van der Waals surface area contributed by atoms with Gasteiger partial charge in [-0.15, -0.1) is 0 Å². The summed E-state index contributed by atoms with van der Waals surface area (Å²) in [7, 11) is -3.64. The lowest BCUT2D eigenvalue weighted by Crippen LogP contribution is -2.50. The molecule has 0 unspecified atom stereocenters. The van der Waals surface area contributed by atoms with Crippen LogP contribution in [0.1, 0.15) is 58.4 Å². The zero-order valence-electron chi connectivity index (χ0n) is 22.2. The minimum atomic E-state index is -3.64. The molecular weight excluding hydrogens is 488 g/mol. The predicted octanol–water partition coefficient (Wildman–Crippen LogP) is 3.58. The van der Waals surface area contributed by atoms with E-state index in [-0.39, 0.29) is 35.3 Å². The monoisotopic (exact) mass is 528 g/mol. The molecule has 0 spiro atoms. The van der Waals surface area contributed by atoms with Crippen molar-refractivity contribution in [2.75, 3.05) is 32.7 Å². The average molecular weight is 529 g/mol. The summed E-state index contributed by atoms with van der Waals surface area (Å²) >= 11 is 0. The van der Waals surface area contributed by atoms with Crippen molar-refractivity contribution in [3.63, 3.8) is 0 Å². The van der Waals surface area contributed by atoms with Gasteiger partial charge in [0.25, 0.3) is 0 Å². The Morgan fingerprint density at radius 2 is 1.59 bits per heavy atom. The van der Waals surface area contributed by atoms with Gasteiger partial charge in [-0.1, -0.05) is 32.9 Å². The molecule has 3 heterocycles. The van der Waals surface area contributed by atoms with Crippen molar-refractivity contribution in [1.82, 2.24) is 19.5 Å². The largest absolute Gasteiger partial charge is 0.490 e. The smallest absolute Gasteiger partial charge is 0.240 e. The van der Waals surface area contributed by atoms with Crippen LogP contribution in [0.5, 0.6) is 5.75 Å². The quantitative estimate of drug-likeness (QED) is 0.563. The molecule has 0 radical (unpaired) electrons. The van der Waals surface area contributed by atoms with Crippen LogP contribution in [0.2, 0.25) is 0 Å². The number of amides is 1. The Morgan fingerprint density at radius 1 is 0.973 bits per heavy atom. The summed E-state index contributed by atoms with van der Waals surface area (Å²) < 4.78 is 33.9. The zero-order chi connectivity index (χ0) is 26.5. The minimum Gasteiger partial charge on any atom is -0.490 e. The SMILES string of the molecule is CC(C)(C)c1ccc(S(=O)(=O)NCCC(=O)N2CCC(N3CCC(Oc4ccncc4)CC3)CC2)cc1. The number of carbonyl (C=O) groups excluding carboxylic acids is 1. The number of likely N-dealkylation sites (tertiary alicyclic amines) is 2. The summed E-state index contributed by atoms with van der Waals surface area (Å²) in [6, 6.07) is 11.2. The maximum absolute atomic E-state index is 12.7. The highest BCUT2D eigenvalue weighted by Gasteiger charge is 2.30. The van der Waals surface area contributed by atoms with Gasteiger partial charge in [0.2, 0.25) is 15.9 Å². The average Bonchev–Trinajstić information content (AvgIpc) is 2.89. The number of sulfonamides is 1. The van der Waals surface area contributed by atoms with Crippen molar-refractivity contribution in [1.29, 1.82) is 0 Å². The lowest BCUT2D eigenvalue weighted by atomic mass is 9.87. The molecular formula is C28H40N4O4S. The molecule has 2 aliphatic heterocycles. The Bertz CT molecular complexity index is 1120. The molecule has 8 nitrogen and oxygen atoms in total. The molecule has 2 fully saturated rings. The molecule has 4 rings (SSSR count). The Labute approximate surface area is 221 Å². The first-order valence-electron chi connectivity index (χ1n) is 13.3. The normalized spacial score (nSPS) is 18.6. The van der Waals surface area contributed by atoms with E-state index in [0.29, 0.717) is 6.04 Å². The number of nitrogens with zero attached hydrogens (tertiary/aromatic N) is 3. The van der Waals surface area contributed by atoms with E-state index in [4.69, 9.17) is 4.74 Å². The number of pyridine rings is 1. The molecule has 37 heavy (non-hydrogen) atoms. The topological polar surface area (TPSA) is 91.8 Å². The van der Waals surface area contributed by atoms with Gasteiger partial charge in [-0.3, -0.25) is 14.7 Å². The Balaban J connectivity index is 1.16. The molecule has 0 atom stereocenters. The molecule has 2 aliphatic rings. The highest BCUT2D eigenvalue weighted by atomic mass is 32.2. The molecule has 1 aromatic carbocycles. The highest BCUT2D eigenvalue weighted by molar-refractivity contribution is 7.89. The lowest BCUT2D eigenvalue weighted by Gasteiger charge is -2.41. The number of rotatable bonds is 8. The first kappa shape index (κ1) is 27.5. The van der Waals surface area contributed by atoms with Gasteiger partial charge in [0, 0.05) is 57.6 Å². The summed E-state index contributed by atoms with van der Waals surface area (Å²) in [4.78, 5) is 21.4. The molecule has 202 valence electrons. The third kappa shape index (κ3) is 7.52. The van der Waals surface area contributed by atoms with Crippen LogP contribution < -0.4 is 9.46 Å². The van der Waals surface area contributed by atoms with Gasteiger partial charge >= 0.3 is 0 Å². The molecule has 0 saturated carbocycles. The van der Waals surface area contributed by atoms with Gasteiger partial charge in [0.1, 0.15) is 11.9 Å². The maximum Gasteiger partial charge on any atom is 0.240 e. The number of benzene rings is 1. The number of ether oxygens (including phenoxy) is 1. The number of piperidine rings is 2. The molecule has 0 bridgehead atoms. The van der Waals surface area contributed by atoms with Crippen LogP contribution in [-0.2, 0) is 20.2 Å². The summed E-state index contributed by atoms with van der Waals surface area (Å²) in [6.07, 6.45) is 7.81. The molecule has 2 aromatic rings. The molecule has 1 aromatic heterocycles. The van der Waals surface area contributed by atoms with E-state index < -0.39 is 10.0 Å². The van der Waals surface area contributed by atoms with Crippen molar-refractivity contribution in [2.45, 2.75) is 75.3 Å². The van der Waals surface area contributed by atoms with Crippen LogP contribution in [0.3, 0.4) is 0 Å². The summed E-state index contributed by atoms with van der Waals surface area (Å²) in [6.45, 7) is 9.82. The number of nitrogens with one attached hydrogen (secondary N) is 1.